The second-order valence-corrected chi connectivity index (χ2v) is 13.3. The van der Waals surface area contributed by atoms with Gasteiger partial charge in [0.15, 0.2) is 0 Å². The molecule has 0 bridgehead atoms. The molecule has 7 aromatic carbocycles. The van der Waals surface area contributed by atoms with Crippen LogP contribution in [-0.2, 0) is 0 Å². The molecule has 218 valence electrons. The van der Waals surface area contributed by atoms with Gasteiger partial charge in [0, 0.05) is 26.1 Å². The Bertz CT molecular complexity index is 2540. The fourth-order valence-electron chi connectivity index (χ4n) is 7.28. The molecule has 3 heterocycles. The topological polar surface area (TPSA) is 37.2 Å². The highest BCUT2D eigenvalue weighted by molar-refractivity contribution is 8.03. The molecule has 3 nitrogen and oxygen atoms in total. The van der Waals surface area contributed by atoms with Crippen LogP contribution in [0, 0.1) is 0 Å². The summed E-state index contributed by atoms with van der Waals surface area (Å²) in [5.74, 6) is 0. The smallest absolute Gasteiger partial charge is 0.136 e. The second-order valence-electron chi connectivity index (χ2n) is 12.2. The SMILES string of the molecule is c1ccc2c(c1)SC1=C(c3cccc4oc5cc(-c6ccc7ccccc7c6)ccc5c34)NC(c3ccc4ccccc4c3)NC12. The van der Waals surface area contributed by atoms with Crippen LogP contribution in [0.5, 0.6) is 0 Å². The first-order chi connectivity index (χ1) is 22.8. The van der Waals surface area contributed by atoms with Crippen molar-refractivity contribution in [3.8, 4) is 11.1 Å². The van der Waals surface area contributed by atoms with Crippen LogP contribution in [0.1, 0.15) is 28.9 Å². The van der Waals surface area contributed by atoms with E-state index in [0.717, 1.165) is 33.2 Å². The monoisotopic (exact) mass is 608 g/mol. The van der Waals surface area contributed by atoms with E-state index in [9.17, 15) is 0 Å². The standard InChI is InChI=1S/C42H28N2OS/c1-3-10-27-22-29(18-16-25(27)8-1)30-20-21-32-36(24-30)45-35-14-7-13-34(38(32)35)40-41-39(33-12-5-6-15-37(33)46-41)43-42(44-40)31-19-17-26-9-2-4-11-28(26)23-31/h1-24,39,42-44H. The summed E-state index contributed by atoms with van der Waals surface area (Å²) < 4.78 is 6.59. The van der Waals surface area contributed by atoms with Crippen LogP contribution in [0.25, 0.3) is 60.3 Å². The molecule has 1 aromatic heterocycles. The fraction of sp³-hybridized carbons (Fsp3) is 0.0476. The molecule has 46 heavy (non-hydrogen) atoms. The Balaban J connectivity index is 1.13. The molecule has 8 aromatic rings. The minimum Gasteiger partial charge on any atom is -0.456 e. The summed E-state index contributed by atoms with van der Waals surface area (Å²) in [5, 5.41) is 15.2. The van der Waals surface area contributed by atoms with E-state index < -0.39 is 0 Å². The van der Waals surface area contributed by atoms with Crippen LogP contribution >= 0.6 is 11.8 Å². The highest BCUT2D eigenvalue weighted by Gasteiger charge is 2.37. The molecule has 0 amide bonds. The molecule has 0 saturated heterocycles. The quantitative estimate of drug-likeness (QED) is 0.209. The molecule has 2 atom stereocenters. The van der Waals surface area contributed by atoms with Crippen molar-refractivity contribution < 1.29 is 4.42 Å². The van der Waals surface area contributed by atoms with Gasteiger partial charge in [0.1, 0.15) is 17.3 Å². The van der Waals surface area contributed by atoms with Gasteiger partial charge in [0.05, 0.1) is 11.7 Å². The lowest BCUT2D eigenvalue weighted by molar-refractivity contribution is 0.439. The van der Waals surface area contributed by atoms with Crippen molar-refractivity contribution in [1.29, 1.82) is 0 Å². The number of benzene rings is 7. The van der Waals surface area contributed by atoms with Gasteiger partial charge in [0.25, 0.3) is 0 Å². The van der Waals surface area contributed by atoms with Gasteiger partial charge >= 0.3 is 0 Å². The minimum atomic E-state index is -0.0620. The molecule has 0 saturated carbocycles. The van der Waals surface area contributed by atoms with Crippen LogP contribution in [-0.4, -0.2) is 0 Å². The molecule has 2 unspecified atom stereocenters. The molecular formula is C42H28N2OS. The molecule has 0 fully saturated rings. The average Bonchev–Trinajstić information content (AvgIpc) is 3.69. The molecule has 0 spiro atoms. The first-order valence-electron chi connectivity index (χ1n) is 15.7. The maximum Gasteiger partial charge on any atom is 0.136 e. The number of fused-ring (bicyclic) bond motifs is 8. The number of hydrogen-bond donors (Lipinski definition) is 2. The van der Waals surface area contributed by atoms with Crippen molar-refractivity contribution in [2.45, 2.75) is 17.1 Å². The van der Waals surface area contributed by atoms with Crippen LogP contribution in [0.4, 0.5) is 0 Å². The Morgan fingerprint density at radius 3 is 2.15 bits per heavy atom. The summed E-state index contributed by atoms with van der Waals surface area (Å²) >= 11 is 1.86. The number of hydrogen-bond acceptors (Lipinski definition) is 4. The summed E-state index contributed by atoms with van der Waals surface area (Å²) in [7, 11) is 0. The summed E-state index contributed by atoms with van der Waals surface area (Å²) in [4.78, 5) is 2.60. The third-order valence-corrected chi connectivity index (χ3v) is 10.8. The molecule has 0 aliphatic carbocycles. The van der Waals surface area contributed by atoms with Crippen LogP contribution < -0.4 is 10.6 Å². The van der Waals surface area contributed by atoms with E-state index in [1.165, 1.54) is 53.6 Å². The van der Waals surface area contributed by atoms with E-state index in [2.05, 4.69) is 156 Å². The van der Waals surface area contributed by atoms with Crippen LogP contribution in [0.2, 0.25) is 0 Å². The number of furan rings is 1. The molecule has 0 radical (unpaired) electrons. The Hall–Kier alpha value is -5.29. The van der Waals surface area contributed by atoms with E-state index in [-0.39, 0.29) is 12.2 Å². The maximum atomic E-state index is 6.59. The molecule has 2 aliphatic heterocycles. The van der Waals surface area contributed by atoms with Crippen molar-refractivity contribution in [2.24, 2.45) is 0 Å². The lowest BCUT2D eigenvalue weighted by Crippen LogP contribution is -2.40. The van der Waals surface area contributed by atoms with Gasteiger partial charge in [-0.25, -0.2) is 0 Å². The summed E-state index contributed by atoms with van der Waals surface area (Å²) in [5.41, 5.74) is 9.02. The highest BCUT2D eigenvalue weighted by Crippen LogP contribution is 2.53. The van der Waals surface area contributed by atoms with Crippen molar-refractivity contribution >= 4 is 60.9 Å². The Morgan fingerprint density at radius 2 is 1.28 bits per heavy atom. The normalized spacial score (nSPS) is 17.5. The lowest BCUT2D eigenvalue weighted by Gasteiger charge is -2.34. The number of rotatable bonds is 3. The average molecular weight is 609 g/mol. The lowest BCUT2D eigenvalue weighted by atomic mass is 9.95. The molecular weight excluding hydrogens is 581 g/mol. The summed E-state index contributed by atoms with van der Waals surface area (Å²) in [6, 6.07) is 52.5. The predicted octanol–water partition coefficient (Wildman–Crippen LogP) is 11.0. The number of thioether (sulfide) groups is 1. The minimum absolute atomic E-state index is 0.0620. The van der Waals surface area contributed by atoms with E-state index in [0.29, 0.717) is 0 Å². The molecule has 4 heteroatoms. The van der Waals surface area contributed by atoms with Gasteiger partial charge in [-0.1, -0.05) is 121 Å². The Morgan fingerprint density at radius 1 is 0.565 bits per heavy atom. The summed E-state index contributed by atoms with van der Waals surface area (Å²) in [6.07, 6.45) is -0.0620. The molecule has 2 N–H and O–H groups in total. The van der Waals surface area contributed by atoms with Gasteiger partial charge in [-0.3, -0.25) is 5.32 Å². The van der Waals surface area contributed by atoms with Crippen molar-refractivity contribution in [1.82, 2.24) is 10.6 Å². The Labute approximate surface area is 270 Å². The third kappa shape index (κ3) is 4.04. The second kappa shape index (κ2) is 10.1. The zero-order chi connectivity index (χ0) is 30.2. The zero-order valence-electron chi connectivity index (χ0n) is 24.8. The summed E-state index contributed by atoms with van der Waals surface area (Å²) in [6.45, 7) is 0. The molecule has 2 aliphatic rings. The molecule has 10 rings (SSSR count). The first-order valence-corrected chi connectivity index (χ1v) is 16.6. The Kier molecular flexibility index (Phi) is 5.71. The van der Waals surface area contributed by atoms with Gasteiger partial charge in [-0.05, 0) is 80.2 Å². The predicted molar refractivity (Wildman–Crippen MR) is 192 cm³/mol. The number of nitrogens with one attached hydrogen (secondary N) is 2. The van der Waals surface area contributed by atoms with E-state index in [1.807, 2.05) is 11.8 Å². The third-order valence-electron chi connectivity index (χ3n) is 9.54. The van der Waals surface area contributed by atoms with Crippen LogP contribution in [0.15, 0.2) is 160 Å². The van der Waals surface area contributed by atoms with Gasteiger partial charge < -0.3 is 9.73 Å². The van der Waals surface area contributed by atoms with Crippen molar-refractivity contribution in [2.75, 3.05) is 0 Å². The van der Waals surface area contributed by atoms with E-state index >= 15 is 0 Å². The van der Waals surface area contributed by atoms with Crippen molar-refractivity contribution in [3.05, 3.63) is 167 Å². The van der Waals surface area contributed by atoms with Gasteiger partial charge in [-0.2, -0.15) is 0 Å². The van der Waals surface area contributed by atoms with Gasteiger partial charge in [0.2, 0.25) is 0 Å². The highest BCUT2D eigenvalue weighted by atomic mass is 32.2. The fourth-order valence-corrected chi connectivity index (χ4v) is 8.55. The first kappa shape index (κ1) is 26.0. The van der Waals surface area contributed by atoms with Crippen LogP contribution in [0.3, 0.4) is 0 Å². The zero-order valence-corrected chi connectivity index (χ0v) is 25.6. The maximum absolute atomic E-state index is 6.59. The van der Waals surface area contributed by atoms with E-state index in [4.69, 9.17) is 4.42 Å². The largest absolute Gasteiger partial charge is 0.456 e. The van der Waals surface area contributed by atoms with Crippen molar-refractivity contribution in [3.63, 3.8) is 0 Å². The van der Waals surface area contributed by atoms with Gasteiger partial charge in [-0.15, -0.1) is 0 Å². The van der Waals surface area contributed by atoms with E-state index in [1.54, 1.807) is 0 Å².